The van der Waals surface area contributed by atoms with Crippen LogP contribution in [0.15, 0.2) is 54.9 Å². The third-order valence-electron chi connectivity index (χ3n) is 3.77. The fraction of sp³-hybridized carbons (Fsp3) is 0.176. The maximum atomic E-state index is 13.1. The summed E-state index contributed by atoms with van der Waals surface area (Å²) in [5.41, 5.74) is 4.04. The largest absolute Gasteiger partial charge is 0.265 e. The monoisotopic (exact) mass is 279 g/mol. The molecule has 0 spiro atoms. The van der Waals surface area contributed by atoms with Gasteiger partial charge in [0.1, 0.15) is 5.82 Å². The van der Waals surface area contributed by atoms with Gasteiger partial charge in [0.15, 0.2) is 0 Å². The van der Waals surface area contributed by atoms with Gasteiger partial charge in [0.05, 0.1) is 17.1 Å². The molecule has 0 atom stereocenters. The van der Waals surface area contributed by atoms with Gasteiger partial charge in [-0.2, -0.15) is 5.10 Å². The Morgan fingerprint density at radius 2 is 1.71 bits per heavy atom. The van der Waals surface area contributed by atoms with Gasteiger partial charge < -0.3 is 0 Å². The third-order valence-corrected chi connectivity index (χ3v) is 3.77. The van der Waals surface area contributed by atoms with E-state index in [1.807, 2.05) is 16.8 Å². The molecule has 3 aromatic rings. The maximum Gasteiger partial charge on any atom is 0.123 e. The molecule has 0 amide bonds. The lowest BCUT2D eigenvalue weighted by molar-refractivity contribution is 0.628. The van der Waals surface area contributed by atoms with Crippen molar-refractivity contribution < 1.29 is 4.39 Å². The highest BCUT2D eigenvalue weighted by molar-refractivity contribution is 5.63. The quantitative estimate of drug-likeness (QED) is 0.726. The lowest BCUT2D eigenvalue weighted by atomic mass is 10.1. The van der Waals surface area contributed by atoms with E-state index in [9.17, 15) is 4.39 Å². The van der Waals surface area contributed by atoms with Crippen LogP contribution < -0.4 is 0 Å². The predicted molar refractivity (Wildman–Crippen MR) is 78.7 cm³/mol. The first kappa shape index (κ1) is 12.3. The zero-order chi connectivity index (χ0) is 14.2. The summed E-state index contributed by atoms with van der Waals surface area (Å²) in [6.45, 7) is 0. The summed E-state index contributed by atoms with van der Waals surface area (Å²) in [7, 11) is 0. The number of rotatable bonds is 3. The van der Waals surface area contributed by atoms with Crippen LogP contribution >= 0.6 is 0 Å². The molecule has 104 valence electrons. The van der Waals surface area contributed by atoms with Crippen molar-refractivity contribution in [2.24, 2.45) is 0 Å². The van der Waals surface area contributed by atoms with Crippen molar-refractivity contribution in [1.82, 2.24) is 14.8 Å². The molecular formula is C17H14FN3. The summed E-state index contributed by atoms with van der Waals surface area (Å²) in [6.07, 6.45) is 5.91. The second-order valence-electron chi connectivity index (χ2n) is 5.35. The average Bonchev–Trinajstić information content (AvgIpc) is 3.28. The fourth-order valence-electron chi connectivity index (χ4n) is 2.49. The van der Waals surface area contributed by atoms with E-state index in [0.717, 1.165) is 22.6 Å². The number of nitrogens with zero attached hydrogens (tertiary/aromatic N) is 3. The molecule has 4 rings (SSSR count). The van der Waals surface area contributed by atoms with Crippen LogP contribution in [0.4, 0.5) is 4.39 Å². The van der Waals surface area contributed by atoms with E-state index >= 15 is 0 Å². The van der Waals surface area contributed by atoms with Crippen LogP contribution in [0.2, 0.25) is 0 Å². The number of pyridine rings is 1. The van der Waals surface area contributed by atoms with E-state index < -0.39 is 0 Å². The molecule has 1 aromatic carbocycles. The van der Waals surface area contributed by atoms with Crippen molar-refractivity contribution in [3.8, 4) is 16.9 Å². The standard InChI is InChI=1S/C17H14FN3/c18-14-5-3-13(4-6-14)17-11-16(12-1-2-12)20-21(17)15-7-9-19-10-8-15/h3-12H,1-2H2. The van der Waals surface area contributed by atoms with Crippen LogP contribution in [-0.4, -0.2) is 14.8 Å². The lowest BCUT2D eigenvalue weighted by Gasteiger charge is -2.07. The zero-order valence-corrected chi connectivity index (χ0v) is 11.4. The minimum Gasteiger partial charge on any atom is -0.265 e. The van der Waals surface area contributed by atoms with Crippen molar-refractivity contribution in [1.29, 1.82) is 0 Å². The molecule has 0 aliphatic heterocycles. The highest BCUT2D eigenvalue weighted by Crippen LogP contribution is 2.41. The van der Waals surface area contributed by atoms with Crippen LogP contribution in [0.1, 0.15) is 24.5 Å². The Hall–Kier alpha value is -2.49. The van der Waals surface area contributed by atoms with Gasteiger partial charge in [-0.1, -0.05) is 0 Å². The van der Waals surface area contributed by atoms with Crippen molar-refractivity contribution in [3.63, 3.8) is 0 Å². The van der Waals surface area contributed by atoms with Gasteiger partial charge in [-0.3, -0.25) is 4.98 Å². The van der Waals surface area contributed by atoms with E-state index in [2.05, 4.69) is 11.1 Å². The maximum absolute atomic E-state index is 13.1. The van der Waals surface area contributed by atoms with Gasteiger partial charge in [-0.25, -0.2) is 9.07 Å². The Bertz CT molecular complexity index is 758. The molecule has 1 fully saturated rings. The Labute approximate surface area is 122 Å². The molecule has 1 saturated carbocycles. The highest BCUT2D eigenvalue weighted by Gasteiger charge is 2.27. The van der Waals surface area contributed by atoms with Crippen molar-refractivity contribution in [3.05, 3.63) is 66.4 Å². The third kappa shape index (κ3) is 2.33. The van der Waals surface area contributed by atoms with E-state index in [1.165, 1.54) is 25.0 Å². The van der Waals surface area contributed by atoms with Gasteiger partial charge in [0, 0.05) is 23.9 Å². The second kappa shape index (κ2) is 4.81. The van der Waals surface area contributed by atoms with Crippen LogP contribution in [0, 0.1) is 5.82 Å². The molecule has 0 radical (unpaired) electrons. The summed E-state index contributed by atoms with van der Waals surface area (Å²) in [5.74, 6) is 0.350. The number of hydrogen-bond acceptors (Lipinski definition) is 2. The van der Waals surface area contributed by atoms with Crippen molar-refractivity contribution >= 4 is 0 Å². The minimum atomic E-state index is -0.226. The summed E-state index contributed by atoms with van der Waals surface area (Å²) in [6, 6.07) is 12.5. The van der Waals surface area contributed by atoms with Crippen LogP contribution in [0.25, 0.3) is 16.9 Å². The summed E-state index contributed by atoms with van der Waals surface area (Å²) in [5, 5.41) is 4.74. The summed E-state index contributed by atoms with van der Waals surface area (Å²) in [4.78, 5) is 4.05. The van der Waals surface area contributed by atoms with Crippen molar-refractivity contribution in [2.75, 3.05) is 0 Å². The number of hydrogen-bond donors (Lipinski definition) is 0. The molecule has 3 nitrogen and oxygen atoms in total. The highest BCUT2D eigenvalue weighted by atomic mass is 19.1. The number of halogens is 1. The van der Waals surface area contributed by atoms with Gasteiger partial charge in [-0.15, -0.1) is 0 Å². The van der Waals surface area contributed by atoms with Crippen molar-refractivity contribution in [2.45, 2.75) is 18.8 Å². The molecule has 1 aliphatic rings. The normalized spacial score (nSPS) is 14.3. The summed E-state index contributed by atoms with van der Waals surface area (Å²) >= 11 is 0. The molecule has 0 unspecified atom stereocenters. The summed E-state index contributed by atoms with van der Waals surface area (Å²) < 4.78 is 15.1. The lowest BCUT2D eigenvalue weighted by Crippen LogP contribution is -1.99. The smallest absolute Gasteiger partial charge is 0.123 e. The van der Waals surface area contributed by atoms with Gasteiger partial charge in [0.25, 0.3) is 0 Å². The topological polar surface area (TPSA) is 30.7 Å². The van der Waals surface area contributed by atoms with Gasteiger partial charge >= 0.3 is 0 Å². The molecule has 21 heavy (non-hydrogen) atoms. The Morgan fingerprint density at radius 3 is 2.38 bits per heavy atom. The molecule has 4 heteroatoms. The van der Waals surface area contributed by atoms with E-state index in [4.69, 9.17) is 5.10 Å². The van der Waals surface area contributed by atoms with E-state index in [-0.39, 0.29) is 5.82 Å². The van der Waals surface area contributed by atoms with Crippen LogP contribution in [0.3, 0.4) is 0 Å². The first-order valence-electron chi connectivity index (χ1n) is 7.07. The number of aromatic nitrogens is 3. The van der Waals surface area contributed by atoms with E-state index in [0.29, 0.717) is 5.92 Å². The number of benzene rings is 1. The fourth-order valence-corrected chi connectivity index (χ4v) is 2.49. The van der Waals surface area contributed by atoms with Crippen LogP contribution in [-0.2, 0) is 0 Å². The zero-order valence-electron chi connectivity index (χ0n) is 11.4. The Balaban J connectivity index is 1.86. The molecule has 0 saturated heterocycles. The molecular weight excluding hydrogens is 265 g/mol. The first-order valence-corrected chi connectivity index (χ1v) is 7.07. The molecule has 2 aromatic heterocycles. The average molecular weight is 279 g/mol. The van der Waals surface area contributed by atoms with Gasteiger partial charge in [-0.05, 0) is 55.3 Å². The van der Waals surface area contributed by atoms with Gasteiger partial charge in [0.2, 0.25) is 0 Å². The Morgan fingerprint density at radius 1 is 1.00 bits per heavy atom. The first-order chi connectivity index (χ1) is 10.3. The van der Waals surface area contributed by atoms with Crippen LogP contribution in [0.5, 0.6) is 0 Å². The SMILES string of the molecule is Fc1ccc(-c2cc(C3CC3)nn2-c2ccncc2)cc1. The Kier molecular flexibility index (Phi) is 2.81. The molecule has 1 aliphatic carbocycles. The minimum absolute atomic E-state index is 0.226. The molecule has 0 bridgehead atoms. The predicted octanol–water partition coefficient (Wildman–Crippen LogP) is 3.95. The van der Waals surface area contributed by atoms with E-state index in [1.54, 1.807) is 24.5 Å². The molecule has 0 N–H and O–H groups in total. The second-order valence-corrected chi connectivity index (χ2v) is 5.35. The molecule has 2 heterocycles.